The number of anilines is 1. The second kappa shape index (κ2) is 13.4. The molecule has 2 aliphatic heterocycles. The van der Waals surface area contributed by atoms with Crippen LogP contribution in [0, 0.1) is 11.3 Å². The largest absolute Gasteiger partial charge is 0.427 e. The second-order valence-electron chi connectivity index (χ2n) is 10.3. The van der Waals surface area contributed by atoms with Gasteiger partial charge in [-0.05, 0) is 32.8 Å². The normalized spacial score (nSPS) is 20.1. The predicted molar refractivity (Wildman–Crippen MR) is 151 cm³/mol. The van der Waals surface area contributed by atoms with Crippen LogP contribution in [0.2, 0.25) is 0 Å². The van der Waals surface area contributed by atoms with Crippen LogP contribution in [0.1, 0.15) is 46.7 Å². The number of thiazole rings is 1. The number of hydrogen-bond donors (Lipinski definition) is 3. The van der Waals surface area contributed by atoms with Crippen LogP contribution in [0.4, 0.5) is 5.13 Å². The summed E-state index contributed by atoms with van der Waals surface area (Å²) >= 11 is 2.41. The smallest absolute Gasteiger partial charge is 0.357 e. The van der Waals surface area contributed by atoms with E-state index in [1.165, 1.54) is 35.2 Å². The van der Waals surface area contributed by atoms with E-state index in [0.717, 1.165) is 17.8 Å². The van der Waals surface area contributed by atoms with Crippen LogP contribution in [-0.2, 0) is 38.3 Å². The number of nitrogens with one attached hydrogen (secondary N) is 2. The summed E-state index contributed by atoms with van der Waals surface area (Å²) in [4.78, 5) is 73.3. The monoisotopic (exact) mass is 610 g/mol. The van der Waals surface area contributed by atoms with E-state index in [2.05, 4.69) is 20.8 Å². The molecule has 4 atom stereocenters. The average Bonchev–Trinajstić information content (AvgIpc) is 3.39. The molecule has 0 saturated carbocycles. The molecule has 0 aromatic carbocycles. The molecule has 1 unspecified atom stereocenters. The number of carbonyl (C=O) groups is 5. The van der Waals surface area contributed by atoms with Crippen LogP contribution in [0.3, 0.4) is 0 Å². The van der Waals surface area contributed by atoms with Crippen LogP contribution < -0.4 is 16.4 Å². The van der Waals surface area contributed by atoms with E-state index in [0.29, 0.717) is 5.75 Å². The summed E-state index contributed by atoms with van der Waals surface area (Å²) in [6, 6.07) is -1.69. The van der Waals surface area contributed by atoms with Gasteiger partial charge in [0.1, 0.15) is 29.9 Å². The predicted octanol–water partition coefficient (Wildman–Crippen LogP) is 1.18. The lowest BCUT2D eigenvalue weighted by molar-refractivity contribution is -0.173. The number of β-lactam (4-membered cyclic amide) rings is 1. The molecule has 3 amide bonds. The van der Waals surface area contributed by atoms with Crippen LogP contribution in [0.25, 0.3) is 0 Å². The zero-order valence-electron chi connectivity index (χ0n) is 23.6. The van der Waals surface area contributed by atoms with E-state index >= 15 is 0 Å². The van der Waals surface area contributed by atoms with Gasteiger partial charge in [0, 0.05) is 11.1 Å². The van der Waals surface area contributed by atoms with Gasteiger partial charge in [0.15, 0.2) is 10.8 Å². The molecule has 14 nitrogen and oxygen atoms in total. The SMILES string of the molecule is CCC(C)[C@H](N)C(=O)Nc1nc(/C(=N/OC)C(=O)N[C@@H]2C(=O)N3C(C(=O)OCOC(=O)C(C)(C)C)=CCS[C@H]23)cs1. The first-order chi connectivity index (χ1) is 19.3. The Labute approximate surface area is 245 Å². The lowest BCUT2D eigenvalue weighted by atomic mass is 9.98. The minimum Gasteiger partial charge on any atom is -0.427 e. The Hall–Kier alpha value is -3.50. The van der Waals surface area contributed by atoms with Gasteiger partial charge in [0.2, 0.25) is 12.7 Å². The second-order valence-corrected chi connectivity index (χ2v) is 12.3. The minimum atomic E-state index is -0.962. The number of hydrogen-bond acceptors (Lipinski definition) is 13. The first-order valence-corrected chi connectivity index (χ1v) is 14.7. The quantitative estimate of drug-likeness (QED) is 0.107. The molecule has 1 saturated heterocycles. The van der Waals surface area contributed by atoms with Gasteiger partial charge in [-0.3, -0.25) is 24.1 Å². The summed E-state index contributed by atoms with van der Waals surface area (Å²) in [5, 5.41) is 10.2. The molecule has 0 radical (unpaired) electrons. The molecular formula is C25H34N6O8S2. The Morgan fingerprint density at radius 2 is 1.98 bits per heavy atom. The van der Waals surface area contributed by atoms with Crippen molar-refractivity contribution in [2.75, 3.05) is 25.0 Å². The lowest BCUT2D eigenvalue weighted by Gasteiger charge is -2.48. The Balaban J connectivity index is 1.62. The number of fused-ring (bicyclic) bond motifs is 1. The standard InChI is InChI=1S/C25H34N6O8S2/c1-7-12(2)15(26)18(32)29-24-27-13(10-41-24)16(30-37-6)19(33)28-17-20(34)31-14(8-9-40-21(17)31)22(35)38-11-39-23(36)25(3,4)5/h8,10,12,15,17,21H,7,9,11,26H2,1-6H3,(H,28,33)(H,27,29,32)/b30-16-/t12?,15-,17+,21+/m0/s1. The van der Waals surface area contributed by atoms with Crippen LogP contribution in [0.15, 0.2) is 22.3 Å². The minimum absolute atomic E-state index is 0.00248. The Kier molecular flexibility index (Phi) is 10.5. The van der Waals surface area contributed by atoms with E-state index in [4.69, 9.17) is 20.0 Å². The third kappa shape index (κ3) is 7.42. The van der Waals surface area contributed by atoms with E-state index in [1.54, 1.807) is 20.8 Å². The molecule has 3 heterocycles. The fraction of sp³-hybridized carbons (Fsp3) is 0.560. The zero-order chi connectivity index (χ0) is 30.5. The molecule has 1 aromatic rings. The summed E-state index contributed by atoms with van der Waals surface area (Å²) < 4.78 is 9.99. The highest BCUT2D eigenvalue weighted by Gasteiger charge is 2.53. The van der Waals surface area contributed by atoms with Gasteiger partial charge in [0.05, 0.1) is 11.5 Å². The lowest BCUT2D eigenvalue weighted by Crippen LogP contribution is -2.70. The topological polar surface area (TPSA) is 192 Å². The zero-order valence-corrected chi connectivity index (χ0v) is 25.2. The van der Waals surface area contributed by atoms with Crippen molar-refractivity contribution in [1.29, 1.82) is 0 Å². The van der Waals surface area contributed by atoms with Crippen molar-refractivity contribution in [3.63, 3.8) is 0 Å². The van der Waals surface area contributed by atoms with E-state index in [9.17, 15) is 24.0 Å². The van der Waals surface area contributed by atoms with Crippen molar-refractivity contribution in [3.8, 4) is 0 Å². The summed E-state index contributed by atoms with van der Waals surface area (Å²) in [5.41, 5.74) is 5.11. The van der Waals surface area contributed by atoms with Crippen LogP contribution >= 0.6 is 23.1 Å². The van der Waals surface area contributed by atoms with Crippen molar-refractivity contribution < 1.29 is 38.3 Å². The molecule has 0 spiro atoms. The Morgan fingerprint density at radius 1 is 1.27 bits per heavy atom. The van der Waals surface area contributed by atoms with Crippen molar-refractivity contribution in [3.05, 3.63) is 22.8 Å². The highest BCUT2D eigenvalue weighted by molar-refractivity contribution is 8.00. The third-order valence-electron chi connectivity index (χ3n) is 6.27. The maximum Gasteiger partial charge on any atom is 0.357 e. The number of rotatable bonds is 11. The summed E-state index contributed by atoms with van der Waals surface area (Å²) in [7, 11) is 1.25. The van der Waals surface area contributed by atoms with Gasteiger partial charge in [0.25, 0.3) is 11.8 Å². The van der Waals surface area contributed by atoms with Gasteiger partial charge in [-0.25, -0.2) is 9.78 Å². The number of ether oxygens (including phenoxy) is 2. The highest BCUT2D eigenvalue weighted by atomic mass is 32.2. The van der Waals surface area contributed by atoms with Crippen LogP contribution in [0.5, 0.6) is 0 Å². The van der Waals surface area contributed by atoms with Gasteiger partial charge >= 0.3 is 11.9 Å². The number of carbonyl (C=O) groups excluding carboxylic acids is 5. The van der Waals surface area contributed by atoms with Gasteiger partial charge < -0.3 is 30.7 Å². The molecule has 3 rings (SSSR count). The van der Waals surface area contributed by atoms with Crippen molar-refractivity contribution in [2.45, 2.75) is 58.5 Å². The van der Waals surface area contributed by atoms with E-state index < -0.39 is 59.3 Å². The van der Waals surface area contributed by atoms with E-state index in [1.807, 2.05) is 13.8 Å². The number of nitrogens with zero attached hydrogens (tertiary/aromatic N) is 3. The van der Waals surface area contributed by atoms with E-state index in [-0.39, 0.29) is 28.2 Å². The number of amides is 3. The van der Waals surface area contributed by atoms with Gasteiger partial charge in [-0.15, -0.1) is 23.1 Å². The molecule has 1 fully saturated rings. The number of oxime groups is 1. The molecule has 0 bridgehead atoms. The first-order valence-electron chi connectivity index (χ1n) is 12.7. The van der Waals surface area contributed by atoms with Gasteiger partial charge in [-0.1, -0.05) is 25.4 Å². The summed E-state index contributed by atoms with van der Waals surface area (Å²) in [6.45, 7) is 8.19. The number of esters is 2. The van der Waals surface area contributed by atoms with Crippen molar-refractivity contribution >= 4 is 63.6 Å². The fourth-order valence-corrected chi connectivity index (χ4v) is 5.50. The first kappa shape index (κ1) is 32.0. The molecule has 0 aliphatic carbocycles. The van der Waals surface area contributed by atoms with Crippen molar-refractivity contribution in [1.82, 2.24) is 15.2 Å². The van der Waals surface area contributed by atoms with Crippen molar-refractivity contribution in [2.24, 2.45) is 22.2 Å². The highest BCUT2D eigenvalue weighted by Crippen LogP contribution is 2.38. The molecular weight excluding hydrogens is 576 g/mol. The molecule has 41 heavy (non-hydrogen) atoms. The average molecular weight is 611 g/mol. The summed E-state index contributed by atoms with van der Waals surface area (Å²) in [5.74, 6) is -2.71. The Morgan fingerprint density at radius 3 is 2.61 bits per heavy atom. The maximum atomic E-state index is 13.1. The van der Waals surface area contributed by atoms with Gasteiger partial charge in [-0.2, -0.15) is 0 Å². The molecule has 4 N–H and O–H groups in total. The molecule has 1 aromatic heterocycles. The fourth-order valence-electron chi connectivity index (χ4n) is 3.60. The van der Waals surface area contributed by atoms with Crippen LogP contribution in [-0.4, -0.2) is 82.4 Å². The Bertz CT molecular complexity index is 1260. The maximum absolute atomic E-state index is 13.1. The summed E-state index contributed by atoms with van der Waals surface area (Å²) in [6.07, 6.45) is 2.26. The molecule has 2 aliphatic rings. The number of aromatic nitrogens is 1. The molecule has 224 valence electrons. The molecule has 16 heteroatoms. The number of thioether (sulfide) groups is 1. The number of nitrogens with two attached hydrogens (primary N) is 1. The third-order valence-corrected chi connectivity index (χ3v) is 8.21.